The number of hydrogen-bond donors (Lipinski definition) is 0. The number of amides is 1. The van der Waals surface area contributed by atoms with E-state index in [2.05, 4.69) is 99.0 Å². The Bertz CT molecular complexity index is 3960. The van der Waals surface area contributed by atoms with Crippen molar-refractivity contribution in [1.82, 2.24) is 24.2 Å². The fourth-order valence-corrected chi connectivity index (χ4v) is 19.3. The first-order valence-electron chi connectivity index (χ1n) is 31.0. The monoisotopic (exact) mass is 1210 g/mol. The third-order valence-corrected chi connectivity index (χ3v) is 24.7. The lowest BCUT2D eigenvalue weighted by Crippen LogP contribution is -2.43. The first kappa shape index (κ1) is 63.2. The molecule has 6 aromatic rings. The Morgan fingerprint density at radius 2 is 0.864 bits per heavy atom. The minimum absolute atomic E-state index is 0.0914. The van der Waals surface area contributed by atoms with Gasteiger partial charge in [-0.1, -0.05) is 133 Å². The van der Waals surface area contributed by atoms with E-state index in [1.54, 1.807) is 35.9 Å². The molecule has 0 unspecified atom stereocenters. The molecule has 0 N–H and O–H groups in total. The van der Waals surface area contributed by atoms with Crippen LogP contribution in [0.25, 0.3) is 51.6 Å². The van der Waals surface area contributed by atoms with E-state index in [4.69, 9.17) is 0 Å². The van der Waals surface area contributed by atoms with Gasteiger partial charge in [-0.3, -0.25) is 19.7 Å². The summed E-state index contributed by atoms with van der Waals surface area (Å²) >= 11 is 0. The van der Waals surface area contributed by atoms with Gasteiger partial charge in [0, 0.05) is 84.6 Å². The summed E-state index contributed by atoms with van der Waals surface area (Å²) < 4.78 is 50.9. The molecule has 6 aliphatic rings. The van der Waals surface area contributed by atoms with Crippen LogP contribution in [0.4, 0.5) is 0 Å². The van der Waals surface area contributed by atoms with Crippen molar-refractivity contribution in [3.8, 4) is 51.6 Å². The number of hydrogen-bond acceptors (Lipinski definition) is 11. The zero-order valence-electron chi connectivity index (χ0n) is 51.6. The van der Waals surface area contributed by atoms with Crippen molar-refractivity contribution < 1.29 is 21.6 Å². The van der Waals surface area contributed by atoms with Gasteiger partial charge in [-0.05, 0) is 151 Å². The molecule has 12 rings (SSSR count). The maximum absolute atomic E-state index is 12.5. The van der Waals surface area contributed by atoms with Crippen molar-refractivity contribution in [2.45, 2.75) is 79.3 Å². The second kappa shape index (κ2) is 26.8. The number of nitrogens with zero attached hydrogens (tertiary/aromatic N) is 8. The van der Waals surface area contributed by atoms with E-state index >= 15 is 0 Å². The minimum Gasteiger partial charge on any atom is -0.342 e. The highest BCUT2D eigenvalue weighted by atomic mass is 32.2. The molecular formula is C73H80N8O5S2. The third-order valence-electron chi connectivity index (χ3n) is 20.9. The number of sulfonamides is 1. The summed E-state index contributed by atoms with van der Waals surface area (Å²) in [7, 11) is -2.39. The molecule has 0 bridgehead atoms. The fraction of sp³-hybridized carbons (Fsp3) is 0.411. The molecule has 454 valence electrons. The Hall–Kier alpha value is -7.87. The van der Waals surface area contributed by atoms with Crippen molar-refractivity contribution in [3.63, 3.8) is 0 Å². The summed E-state index contributed by atoms with van der Waals surface area (Å²) in [6.45, 7) is 13.6. The summed E-state index contributed by atoms with van der Waals surface area (Å²) in [5.41, 5.74) is 9.95. The minimum atomic E-state index is -3.16. The zero-order chi connectivity index (χ0) is 62.6. The Morgan fingerprint density at radius 3 is 1.27 bits per heavy atom. The van der Waals surface area contributed by atoms with Crippen LogP contribution in [0.5, 0.6) is 0 Å². The molecule has 15 heteroatoms. The van der Waals surface area contributed by atoms with E-state index in [1.807, 2.05) is 127 Å². The molecular weight excluding hydrogens is 1130 g/mol. The first-order chi connectivity index (χ1) is 42.2. The van der Waals surface area contributed by atoms with Gasteiger partial charge in [-0.2, -0.15) is 15.8 Å². The fourth-order valence-electron chi connectivity index (χ4n) is 15.2. The molecule has 3 aliphatic carbocycles. The number of allylic oxidation sites excluding steroid dienone is 3. The Morgan fingerprint density at radius 1 is 0.477 bits per heavy atom. The average Bonchev–Trinajstić information content (AvgIpc) is 1.85. The van der Waals surface area contributed by atoms with Gasteiger partial charge in [0.05, 0.1) is 69.2 Å². The van der Waals surface area contributed by atoms with Gasteiger partial charge in [0.1, 0.15) is 0 Å². The van der Waals surface area contributed by atoms with Crippen LogP contribution in [0.15, 0.2) is 146 Å². The number of pyridine rings is 3. The standard InChI is InChI=1S/C25H27N3O.C24H27N3O2S.C24H26N2O2S/c1-16-12-24-23(13-25(29)28(24)3)21(17(16)2)11-10-20-9-8-19(15-27-20)22-7-5-4-6-18(22)14-26;1-16-12-24-23(15-30(28,29)27(24)3)21(17(16)2)11-10-20-9-8-19(14-26-20)22-7-5-4-6-18(22)13-25;1-16-11-20-14-29(27,28)15-24(20)22(17(16)2)10-9-21-8-7-19(13-26-21)23-6-4-3-5-18(23)12-25/h4-11,15-17,21,23-24H,12-13H2,1-3H3;4-11,14,16-17,21,23-24H,12,15H2,1-3H3;3-10,13,16-17,20,22,24H,11,14-15H2,1-2H3/b2*11-10+;10-9+/t2*16-,17+,21-,23-,24+;16-,17+,20-,22-,24+/m000/s1. The summed E-state index contributed by atoms with van der Waals surface area (Å²) in [5, 5.41) is 27.9. The third kappa shape index (κ3) is 13.6. The van der Waals surface area contributed by atoms with Crippen LogP contribution in [-0.4, -0.2) is 90.3 Å². The molecule has 6 fully saturated rings. The maximum Gasteiger partial charge on any atom is 0.222 e. The molecule has 3 aromatic carbocycles. The number of carbonyl (C=O) groups is 1. The van der Waals surface area contributed by atoms with Crippen LogP contribution in [0.3, 0.4) is 0 Å². The number of benzene rings is 3. The van der Waals surface area contributed by atoms with Gasteiger partial charge in [0.2, 0.25) is 15.9 Å². The summed E-state index contributed by atoms with van der Waals surface area (Å²) in [4.78, 5) is 28.0. The van der Waals surface area contributed by atoms with Crippen LogP contribution in [0.2, 0.25) is 0 Å². The Labute approximate surface area is 521 Å². The second-order valence-corrected chi connectivity index (χ2v) is 30.1. The molecule has 3 saturated heterocycles. The van der Waals surface area contributed by atoms with Crippen molar-refractivity contribution in [1.29, 1.82) is 15.8 Å². The lowest BCUT2D eigenvalue weighted by atomic mass is 9.64. The van der Waals surface area contributed by atoms with Gasteiger partial charge < -0.3 is 4.90 Å². The predicted molar refractivity (Wildman–Crippen MR) is 349 cm³/mol. The van der Waals surface area contributed by atoms with Gasteiger partial charge in [0.25, 0.3) is 0 Å². The molecule has 3 aliphatic heterocycles. The van der Waals surface area contributed by atoms with Gasteiger partial charge in [-0.25, -0.2) is 21.1 Å². The van der Waals surface area contributed by atoms with Gasteiger partial charge in [-0.15, -0.1) is 0 Å². The van der Waals surface area contributed by atoms with Crippen LogP contribution < -0.4 is 0 Å². The number of sulfone groups is 1. The summed E-state index contributed by atoms with van der Waals surface area (Å²) in [6.07, 6.45) is 21.9. The van der Waals surface area contributed by atoms with Crippen LogP contribution >= 0.6 is 0 Å². The largest absolute Gasteiger partial charge is 0.342 e. The molecule has 6 heterocycles. The molecule has 88 heavy (non-hydrogen) atoms. The van der Waals surface area contributed by atoms with E-state index in [1.165, 1.54) is 0 Å². The molecule has 0 spiro atoms. The van der Waals surface area contributed by atoms with E-state index < -0.39 is 19.9 Å². The van der Waals surface area contributed by atoms with Crippen LogP contribution in [0, 0.1) is 111 Å². The van der Waals surface area contributed by atoms with Crippen molar-refractivity contribution in [2.24, 2.45) is 76.9 Å². The predicted octanol–water partition coefficient (Wildman–Crippen LogP) is 13.5. The van der Waals surface area contributed by atoms with E-state index in [0.717, 1.165) is 69.7 Å². The molecule has 3 aromatic heterocycles. The quantitative estimate of drug-likeness (QED) is 0.133. The van der Waals surface area contributed by atoms with Crippen molar-refractivity contribution in [2.75, 3.05) is 31.4 Å². The van der Waals surface area contributed by atoms with Crippen molar-refractivity contribution >= 4 is 44.0 Å². The Balaban J connectivity index is 0.000000146. The lowest BCUT2D eigenvalue weighted by Gasteiger charge is -2.42. The lowest BCUT2D eigenvalue weighted by molar-refractivity contribution is -0.127. The number of carbonyl (C=O) groups excluding carboxylic acids is 1. The van der Waals surface area contributed by atoms with E-state index in [9.17, 15) is 37.4 Å². The second-order valence-electron chi connectivity index (χ2n) is 25.9. The van der Waals surface area contributed by atoms with Gasteiger partial charge >= 0.3 is 0 Å². The molecule has 0 radical (unpaired) electrons. The molecule has 1 amide bonds. The highest BCUT2D eigenvalue weighted by Gasteiger charge is 2.52. The smallest absolute Gasteiger partial charge is 0.222 e. The average molecular weight is 1210 g/mol. The van der Waals surface area contributed by atoms with E-state index in [-0.39, 0.29) is 41.4 Å². The molecule has 13 nitrogen and oxygen atoms in total. The number of aromatic nitrogens is 3. The SMILES string of the molecule is C[C@H]1[C@H](/C=C/c2ccc(-c3ccccc3C#N)cn2)[C@@H]2CC(=O)N(C)[C@@H]2C[C@@H]1C.C[C@H]1[C@H](/C=C/c2ccc(-c3ccccc3C#N)cn2)[C@@H]2CS(=O)(=O)C[C@@H]2C[C@@H]1C.C[C@H]1[C@H](/C=C/c2ccc(-c3ccccc3C#N)cn2)[C@@H]2CS(=O)(=O)N(C)[C@@H]2C[C@@H]1C. The zero-order valence-corrected chi connectivity index (χ0v) is 53.3. The number of fused-ring (bicyclic) bond motifs is 3. The van der Waals surface area contributed by atoms with Gasteiger partial charge in [0.15, 0.2) is 9.84 Å². The number of rotatable bonds is 9. The maximum atomic E-state index is 12.5. The van der Waals surface area contributed by atoms with E-state index in [0.29, 0.717) is 93.9 Å². The Kier molecular flexibility index (Phi) is 19.3. The summed E-state index contributed by atoms with van der Waals surface area (Å²) in [6, 6.07) is 41.6. The summed E-state index contributed by atoms with van der Waals surface area (Å²) in [5.74, 6) is 6.11. The van der Waals surface area contributed by atoms with Crippen LogP contribution in [-0.2, 0) is 24.7 Å². The number of likely N-dealkylation sites (tertiary alicyclic amines) is 1. The normalized spacial score (nSPS) is 30.2. The molecule has 3 saturated carbocycles. The highest BCUT2D eigenvalue weighted by molar-refractivity contribution is 7.91. The van der Waals surface area contributed by atoms with Crippen molar-refractivity contribution in [3.05, 3.63) is 180 Å². The highest BCUT2D eigenvalue weighted by Crippen LogP contribution is 2.49. The van der Waals surface area contributed by atoms with Crippen LogP contribution in [0.1, 0.15) is 101 Å². The number of nitriles is 3. The first-order valence-corrected chi connectivity index (χ1v) is 34.4. The molecule has 15 atom stereocenters. The topological polar surface area (TPSA) is 202 Å².